The van der Waals surface area contributed by atoms with Crippen LogP contribution in [0.3, 0.4) is 0 Å². The van der Waals surface area contributed by atoms with E-state index in [4.69, 9.17) is 0 Å². The van der Waals surface area contributed by atoms with Crippen molar-refractivity contribution in [1.82, 2.24) is 15.3 Å². The molecule has 0 aliphatic rings. The summed E-state index contributed by atoms with van der Waals surface area (Å²) in [4.78, 5) is 35.2. The molecule has 0 bridgehead atoms. The monoisotopic (exact) mass is 555 g/mol. The fourth-order valence-corrected chi connectivity index (χ4v) is 5.43. The quantitative estimate of drug-likeness (QED) is 0.292. The van der Waals surface area contributed by atoms with E-state index in [0.717, 1.165) is 15.6 Å². The number of alkyl halides is 3. The van der Waals surface area contributed by atoms with Gasteiger partial charge in [0.15, 0.2) is 11.2 Å². The van der Waals surface area contributed by atoms with Crippen LogP contribution >= 0.6 is 22.7 Å². The maximum absolute atomic E-state index is 13.7. The molecule has 4 aromatic rings. The Labute approximate surface area is 224 Å². The second-order valence-corrected chi connectivity index (χ2v) is 10.4. The van der Waals surface area contributed by atoms with Crippen molar-refractivity contribution in [2.45, 2.75) is 32.5 Å². The van der Waals surface area contributed by atoms with Crippen molar-refractivity contribution in [3.63, 3.8) is 0 Å². The van der Waals surface area contributed by atoms with Gasteiger partial charge in [-0.1, -0.05) is 30.3 Å². The molecule has 7 nitrogen and oxygen atoms in total. The molecule has 4 rings (SSSR count). The highest BCUT2D eigenvalue weighted by Crippen LogP contribution is 2.33. The Hall–Kier alpha value is -4.08. The van der Waals surface area contributed by atoms with Gasteiger partial charge in [0.05, 0.1) is 39.3 Å². The molecule has 38 heavy (non-hydrogen) atoms. The van der Waals surface area contributed by atoms with Crippen molar-refractivity contribution in [3.8, 4) is 16.6 Å². The Morgan fingerprint density at radius 2 is 1.84 bits per heavy atom. The molecule has 2 aromatic heterocycles. The molecule has 2 N–H and O–H groups in total. The van der Waals surface area contributed by atoms with E-state index in [0.29, 0.717) is 16.4 Å². The zero-order chi connectivity index (χ0) is 27.4. The van der Waals surface area contributed by atoms with E-state index in [9.17, 15) is 28.0 Å². The van der Waals surface area contributed by atoms with Gasteiger partial charge in [-0.3, -0.25) is 9.59 Å². The van der Waals surface area contributed by atoms with E-state index in [1.165, 1.54) is 65.1 Å². The third kappa shape index (κ3) is 6.42. The Morgan fingerprint density at radius 1 is 1.11 bits per heavy atom. The molecule has 0 saturated heterocycles. The molecule has 2 heterocycles. The fraction of sp³-hybridized carbons (Fsp3) is 0.192. The lowest BCUT2D eigenvalue weighted by molar-refractivity contribution is -0.155. The van der Waals surface area contributed by atoms with Gasteiger partial charge < -0.3 is 10.6 Å². The highest BCUT2D eigenvalue weighted by molar-refractivity contribution is 7.16. The molecule has 0 fully saturated rings. The average molecular weight is 556 g/mol. The molecule has 2 aromatic carbocycles. The molecule has 0 unspecified atom stereocenters. The molecule has 0 aliphatic heterocycles. The Morgan fingerprint density at radius 3 is 2.47 bits per heavy atom. The van der Waals surface area contributed by atoms with Crippen LogP contribution < -0.4 is 10.6 Å². The number of nitrogens with zero attached hydrogens (tertiary/aromatic N) is 3. The van der Waals surface area contributed by atoms with Crippen molar-refractivity contribution in [3.05, 3.63) is 86.9 Å². The normalized spacial score (nSPS) is 12.0. The van der Waals surface area contributed by atoms with E-state index >= 15 is 0 Å². The van der Waals surface area contributed by atoms with Gasteiger partial charge in [-0.15, -0.1) is 22.7 Å². The van der Waals surface area contributed by atoms with Crippen LogP contribution in [0.2, 0.25) is 0 Å². The van der Waals surface area contributed by atoms with Crippen molar-refractivity contribution < 1.29 is 22.8 Å². The largest absolute Gasteiger partial charge is 0.412 e. The summed E-state index contributed by atoms with van der Waals surface area (Å²) in [7, 11) is 0. The molecule has 2 amide bonds. The number of rotatable bonds is 7. The molecule has 0 saturated carbocycles. The SMILES string of the molecule is Cc1nc(C)c(-c2csc(NC(=O)Cc3cc(C#N)cc(C(=O)N[C@H](c4ccccc4)C(F)(F)F)c3)n2)s1. The number of hydrogen-bond donors (Lipinski definition) is 2. The van der Waals surface area contributed by atoms with Crippen LogP contribution in [0.4, 0.5) is 18.3 Å². The lowest BCUT2D eigenvalue weighted by Crippen LogP contribution is -2.38. The maximum atomic E-state index is 13.7. The average Bonchev–Trinajstić information content (AvgIpc) is 3.46. The number of nitriles is 1. The van der Waals surface area contributed by atoms with Gasteiger partial charge >= 0.3 is 6.18 Å². The van der Waals surface area contributed by atoms with Gasteiger partial charge in [-0.05, 0) is 43.2 Å². The number of carbonyl (C=O) groups is 2. The first-order valence-electron chi connectivity index (χ1n) is 11.2. The zero-order valence-corrected chi connectivity index (χ0v) is 21.7. The summed E-state index contributed by atoms with van der Waals surface area (Å²) < 4.78 is 41.1. The van der Waals surface area contributed by atoms with Crippen LogP contribution in [-0.2, 0) is 11.2 Å². The van der Waals surface area contributed by atoms with Crippen molar-refractivity contribution >= 4 is 39.6 Å². The number of carbonyl (C=O) groups excluding carboxylic acids is 2. The summed E-state index contributed by atoms with van der Waals surface area (Å²) in [5, 5.41) is 17.1. The van der Waals surface area contributed by atoms with Gasteiger partial charge in [0, 0.05) is 10.9 Å². The van der Waals surface area contributed by atoms with Crippen LogP contribution in [0.1, 0.15) is 43.8 Å². The molecule has 0 spiro atoms. The maximum Gasteiger partial charge on any atom is 0.412 e. The Kier molecular flexibility index (Phi) is 7.89. The number of anilines is 1. The summed E-state index contributed by atoms with van der Waals surface area (Å²) in [6, 6.07) is 10.5. The van der Waals surface area contributed by atoms with Crippen LogP contribution in [-0.4, -0.2) is 28.0 Å². The highest BCUT2D eigenvalue weighted by atomic mass is 32.1. The lowest BCUT2D eigenvalue weighted by atomic mass is 10.0. The molecule has 194 valence electrons. The van der Waals surface area contributed by atoms with Crippen LogP contribution in [0.5, 0.6) is 0 Å². The number of aromatic nitrogens is 2. The standard InChI is InChI=1S/C26H20F3N5O2S2/c1-14-22(38-15(2)31-14)20-13-37-25(32-20)33-21(35)11-16-8-17(12-30)10-19(9-16)24(36)34-23(26(27,28)29)18-6-4-3-5-7-18/h3-10,13,23H,11H2,1-2H3,(H,34,36)(H,32,33,35)/t23-/m1/s1. The second-order valence-electron chi connectivity index (χ2n) is 8.30. The van der Waals surface area contributed by atoms with Crippen molar-refractivity contribution in [2.75, 3.05) is 5.32 Å². The third-order valence-electron chi connectivity index (χ3n) is 5.37. The van der Waals surface area contributed by atoms with E-state index in [1.54, 1.807) is 11.4 Å². The highest BCUT2D eigenvalue weighted by Gasteiger charge is 2.42. The minimum atomic E-state index is -4.74. The van der Waals surface area contributed by atoms with Crippen LogP contribution in [0.15, 0.2) is 53.9 Å². The minimum Gasteiger partial charge on any atom is -0.337 e. The minimum absolute atomic E-state index is 0.0382. The molecule has 1 atom stereocenters. The fourth-order valence-electron chi connectivity index (χ4n) is 3.76. The molecular weight excluding hydrogens is 535 g/mol. The molecule has 0 aliphatic carbocycles. The first-order chi connectivity index (χ1) is 18.0. The number of hydrogen-bond acceptors (Lipinski definition) is 7. The van der Waals surface area contributed by atoms with Crippen LogP contribution in [0, 0.1) is 25.2 Å². The van der Waals surface area contributed by atoms with Gasteiger partial charge in [0.2, 0.25) is 5.91 Å². The second kappa shape index (κ2) is 11.1. The van der Waals surface area contributed by atoms with E-state index in [1.807, 2.05) is 25.2 Å². The predicted molar refractivity (Wildman–Crippen MR) is 139 cm³/mol. The molecule has 0 radical (unpaired) electrons. The first kappa shape index (κ1) is 27.0. The number of amides is 2. The van der Waals surface area contributed by atoms with E-state index in [-0.39, 0.29) is 23.1 Å². The first-order valence-corrected chi connectivity index (χ1v) is 12.9. The van der Waals surface area contributed by atoms with Gasteiger partial charge in [0.25, 0.3) is 5.91 Å². The summed E-state index contributed by atoms with van der Waals surface area (Å²) in [5.41, 5.74) is 1.57. The number of thiazole rings is 2. The predicted octanol–water partition coefficient (Wildman–Crippen LogP) is 5.97. The van der Waals surface area contributed by atoms with Gasteiger partial charge in [-0.25, -0.2) is 9.97 Å². The zero-order valence-electron chi connectivity index (χ0n) is 20.1. The number of nitrogens with one attached hydrogen (secondary N) is 2. The Bertz CT molecular complexity index is 1520. The van der Waals surface area contributed by atoms with Gasteiger partial charge in [0.1, 0.15) is 0 Å². The van der Waals surface area contributed by atoms with E-state index in [2.05, 4.69) is 15.3 Å². The lowest BCUT2D eigenvalue weighted by Gasteiger charge is -2.22. The third-order valence-corrected chi connectivity index (χ3v) is 7.22. The van der Waals surface area contributed by atoms with Gasteiger partial charge in [-0.2, -0.15) is 18.4 Å². The Balaban J connectivity index is 1.50. The number of halogens is 3. The number of benzene rings is 2. The molecule has 12 heteroatoms. The van der Waals surface area contributed by atoms with Crippen LogP contribution in [0.25, 0.3) is 10.6 Å². The molecular formula is C26H20F3N5O2S2. The summed E-state index contributed by atoms with van der Waals surface area (Å²) in [6.07, 6.45) is -4.96. The topological polar surface area (TPSA) is 108 Å². The van der Waals surface area contributed by atoms with Crippen molar-refractivity contribution in [2.24, 2.45) is 0 Å². The summed E-state index contributed by atoms with van der Waals surface area (Å²) >= 11 is 2.73. The van der Waals surface area contributed by atoms with Crippen molar-refractivity contribution in [1.29, 1.82) is 5.26 Å². The summed E-state index contributed by atoms with van der Waals surface area (Å²) in [6.45, 7) is 3.77. The smallest absolute Gasteiger partial charge is 0.337 e. The number of aryl methyl sites for hydroxylation is 2. The summed E-state index contributed by atoms with van der Waals surface area (Å²) in [5.74, 6) is -1.48. The van der Waals surface area contributed by atoms with E-state index < -0.39 is 24.0 Å².